The molecule has 48 heavy (non-hydrogen) atoms. The van der Waals surface area contributed by atoms with Gasteiger partial charge in [0.25, 0.3) is 11.8 Å². The highest BCUT2D eigenvalue weighted by molar-refractivity contribution is 7.18. The molecule has 4 amide bonds. The number of hydrogen-bond acceptors (Lipinski definition) is 10. The number of amides is 4. The van der Waals surface area contributed by atoms with Gasteiger partial charge in [-0.3, -0.25) is 19.2 Å². The second-order valence-electron chi connectivity index (χ2n) is 13.1. The molecule has 0 aliphatic carbocycles. The summed E-state index contributed by atoms with van der Waals surface area (Å²) in [6.07, 6.45) is 9.50. The van der Waals surface area contributed by atoms with Gasteiger partial charge in [0.15, 0.2) is 0 Å². The number of nitrogens with zero attached hydrogens (tertiary/aromatic N) is 2. The lowest BCUT2D eigenvalue weighted by molar-refractivity contribution is -0.118. The summed E-state index contributed by atoms with van der Waals surface area (Å²) >= 11 is 2.67. The van der Waals surface area contributed by atoms with E-state index in [0.717, 1.165) is 77.5 Å². The molecule has 4 fully saturated rings. The van der Waals surface area contributed by atoms with Crippen LogP contribution in [0, 0.1) is 0 Å². The minimum absolute atomic E-state index is 0.0130. The summed E-state index contributed by atoms with van der Waals surface area (Å²) in [5.74, 6) is -0.0715. The van der Waals surface area contributed by atoms with Crippen LogP contribution < -0.4 is 21.3 Å². The second-order valence-corrected chi connectivity index (χ2v) is 15.3. The summed E-state index contributed by atoms with van der Waals surface area (Å²) < 4.78 is 12.1. The van der Waals surface area contributed by atoms with Gasteiger partial charge in [0, 0.05) is 52.5 Å². The molecule has 4 saturated heterocycles. The summed E-state index contributed by atoms with van der Waals surface area (Å²) in [5.41, 5.74) is 0. The van der Waals surface area contributed by atoms with Gasteiger partial charge in [-0.05, 0) is 75.6 Å². The quantitative estimate of drug-likeness (QED) is 0.205. The summed E-state index contributed by atoms with van der Waals surface area (Å²) in [5, 5.41) is 13.8. The first-order valence-corrected chi connectivity index (χ1v) is 19.2. The number of unbranched alkanes of at least 4 members (excludes halogenated alkanes) is 3. The molecule has 14 heteroatoms. The monoisotopic (exact) mass is 700 g/mol. The maximum Gasteiger partial charge on any atom is 0.263 e. The van der Waals surface area contributed by atoms with Crippen molar-refractivity contribution in [1.29, 1.82) is 0 Å². The van der Waals surface area contributed by atoms with Crippen LogP contribution in [0.5, 0.6) is 0 Å². The summed E-state index contributed by atoms with van der Waals surface area (Å²) in [7, 11) is 0. The van der Waals surface area contributed by atoms with Gasteiger partial charge in [0.2, 0.25) is 11.8 Å². The largest absolute Gasteiger partial charge is 0.377 e. The third kappa shape index (κ3) is 9.42. The zero-order chi connectivity index (χ0) is 33.3. The van der Waals surface area contributed by atoms with Gasteiger partial charge in [-0.2, -0.15) is 0 Å². The van der Waals surface area contributed by atoms with Crippen LogP contribution in [0.3, 0.4) is 0 Å². The molecular weight excluding hydrogens is 653 g/mol. The van der Waals surface area contributed by atoms with Crippen molar-refractivity contribution in [2.24, 2.45) is 0 Å². The van der Waals surface area contributed by atoms with Gasteiger partial charge in [0.1, 0.15) is 0 Å². The summed E-state index contributed by atoms with van der Waals surface area (Å²) in [6, 6.07) is 6.61. The van der Waals surface area contributed by atoms with E-state index in [1.807, 2.05) is 21.9 Å². The minimum Gasteiger partial charge on any atom is -0.377 e. The van der Waals surface area contributed by atoms with Crippen molar-refractivity contribution in [1.82, 2.24) is 20.4 Å². The average Bonchev–Trinajstić information content (AvgIpc) is 3.94. The predicted octanol–water partition coefficient (Wildman–Crippen LogP) is 3.91. The highest BCUT2D eigenvalue weighted by atomic mass is 32.1. The molecule has 4 N–H and O–H groups in total. The molecule has 4 aliphatic heterocycles. The van der Waals surface area contributed by atoms with Crippen molar-refractivity contribution in [2.45, 2.75) is 88.5 Å². The normalized spacial score (nSPS) is 24.0. The Kier molecular flexibility index (Phi) is 12.5. The second kappa shape index (κ2) is 17.2. The first-order chi connectivity index (χ1) is 23.4. The Labute approximate surface area is 290 Å². The van der Waals surface area contributed by atoms with Crippen LogP contribution in [0.1, 0.15) is 83.6 Å². The van der Waals surface area contributed by atoms with E-state index in [4.69, 9.17) is 9.47 Å². The summed E-state index contributed by atoms with van der Waals surface area (Å²) in [6.45, 7) is 5.87. The Morgan fingerprint density at radius 3 is 1.48 bits per heavy atom. The molecule has 0 bridgehead atoms. The molecule has 4 atom stereocenters. The molecule has 262 valence electrons. The standard InChI is InChI=1S/C34H48N6O6S2/c41-31(37-29-11-9-27(47-29)33(43)39-13-3-4-14-39)25-19-23(21-35-25)45-17-7-1-2-8-18-46-24-20-26(36-22-24)32(42)38-30-12-10-28(48-30)34(44)40-15-5-6-16-40/h9-12,23-26,35-36H,1-8,13-22H2,(H,37,41)(H,38,42)/t23-,24-,25+,26?/m1/s1. The predicted molar refractivity (Wildman–Crippen MR) is 187 cm³/mol. The van der Waals surface area contributed by atoms with Gasteiger partial charge < -0.3 is 40.5 Å². The molecular formula is C34H48N6O6S2. The SMILES string of the molecule is O=C(Nc1ccc(C(=O)N2CCCC2)s1)C1C[C@@H](OCCCCCCO[C@H]2CN[C@H](C(=O)Nc3ccc(C(=O)N4CCCC4)s3)C2)CN1. The first kappa shape index (κ1) is 35.0. The average molecular weight is 701 g/mol. The van der Waals surface area contributed by atoms with Gasteiger partial charge >= 0.3 is 0 Å². The summed E-state index contributed by atoms with van der Waals surface area (Å²) in [4.78, 5) is 55.8. The molecule has 2 aromatic heterocycles. The van der Waals surface area contributed by atoms with E-state index >= 15 is 0 Å². The Morgan fingerprint density at radius 2 is 1.06 bits per heavy atom. The molecule has 0 spiro atoms. The molecule has 6 heterocycles. The van der Waals surface area contributed by atoms with Gasteiger partial charge in [-0.15, -0.1) is 22.7 Å². The van der Waals surface area contributed by atoms with Gasteiger partial charge in [-0.25, -0.2) is 0 Å². The number of nitrogens with one attached hydrogen (secondary N) is 4. The number of likely N-dealkylation sites (tertiary alicyclic amines) is 2. The molecule has 6 rings (SSSR count). The maximum absolute atomic E-state index is 12.8. The van der Waals surface area contributed by atoms with Crippen molar-refractivity contribution < 1.29 is 28.7 Å². The Hall–Kier alpha value is -2.88. The zero-order valence-electron chi connectivity index (χ0n) is 27.5. The minimum atomic E-state index is -0.304. The van der Waals surface area contributed by atoms with E-state index in [1.165, 1.54) is 22.7 Å². The van der Waals surface area contributed by atoms with E-state index < -0.39 is 0 Å². The van der Waals surface area contributed by atoms with E-state index in [9.17, 15) is 19.2 Å². The Balaban J connectivity index is 0.778. The molecule has 1 unspecified atom stereocenters. The third-order valence-corrected chi connectivity index (χ3v) is 11.5. The lowest BCUT2D eigenvalue weighted by atomic mass is 10.2. The van der Waals surface area contributed by atoms with Crippen molar-refractivity contribution in [2.75, 3.05) is 63.1 Å². The smallest absolute Gasteiger partial charge is 0.263 e. The Bertz CT molecular complexity index is 1300. The van der Waals surface area contributed by atoms with Crippen LogP contribution in [0.15, 0.2) is 24.3 Å². The van der Waals surface area contributed by atoms with Crippen LogP contribution >= 0.6 is 22.7 Å². The molecule has 2 aromatic rings. The third-order valence-electron chi connectivity index (χ3n) is 9.47. The van der Waals surface area contributed by atoms with Crippen molar-refractivity contribution >= 4 is 56.3 Å². The number of ether oxygens (including phenoxy) is 2. The first-order valence-electron chi connectivity index (χ1n) is 17.5. The fraction of sp³-hybridized carbons (Fsp3) is 0.647. The fourth-order valence-corrected chi connectivity index (χ4v) is 8.48. The van der Waals surface area contributed by atoms with Gasteiger partial charge in [0.05, 0.1) is 44.0 Å². The molecule has 0 radical (unpaired) electrons. The number of hydrogen-bond donors (Lipinski definition) is 4. The van der Waals surface area contributed by atoms with E-state index in [-0.39, 0.29) is 47.9 Å². The van der Waals surface area contributed by atoms with Crippen molar-refractivity contribution in [3.63, 3.8) is 0 Å². The van der Waals surface area contributed by atoms with E-state index in [2.05, 4.69) is 21.3 Å². The number of thiophene rings is 2. The lowest BCUT2D eigenvalue weighted by Crippen LogP contribution is -2.35. The highest BCUT2D eigenvalue weighted by Gasteiger charge is 2.32. The molecule has 0 saturated carbocycles. The molecule has 12 nitrogen and oxygen atoms in total. The zero-order valence-corrected chi connectivity index (χ0v) is 29.1. The molecule has 4 aliphatic rings. The van der Waals surface area contributed by atoms with Crippen LogP contribution in [0.4, 0.5) is 10.0 Å². The van der Waals surface area contributed by atoms with Crippen LogP contribution in [0.25, 0.3) is 0 Å². The van der Waals surface area contributed by atoms with Crippen molar-refractivity contribution in [3.05, 3.63) is 34.0 Å². The highest BCUT2D eigenvalue weighted by Crippen LogP contribution is 2.27. The number of rotatable bonds is 15. The van der Waals surface area contributed by atoms with Crippen molar-refractivity contribution in [3.8, 4) is 0 Å². The number of anilines is 2. The fourth-order valence-electron chi connectivity index (χ4n) is 6.73. The Morgan fingerprint density at radius 1 is 0.646 bits per heavy atom. The number of carbonyl (C=O) groups is 4. The van der Waals surface area contributed by atoms with Crippen LogP contribution in [0.2, 0.25) is 0 Å². The van der Waals surface area contributed by atoms with E-state index in [1.54, 1.807) is 12.1 Å². The van der Waals surface area contributed by atoms with E-state index in [0.29, 0.717) is 58.9 Å². The van der Waals surface area contributed by atoms with Crippen LogP contribution in [-0.4, -0.2) is 110 Å². The van der Waals surface area contributed by atoms with Crippen LogP contribution in [-0.2, 0) is 19.1 Å². The molecule has 0 aromatic carbocycles. The lowest BCUT2D eigenvalue weighted by Gasteiger charge is -2.13. The number of carbonyl (C=O) groups excluding carboxylic acids is 4. The maximum atomic E-state index is 12.8. The topological polar surface area (TPSA) is 141 Å². The van der Waals surface area contributed by atoms with Gasteiger partial charge in [-0.1, -0.05) is 12.8 Å².